The van der Waals surface area contributed by atoms with E-state index in [0.29, 0.717) is 22.0 Å². The molecule has 0 aliphatic carbocycles. The van der Waals surface area contributed by atoms with Gasteiger partial charge < -0.3 is 14.8 Å². The molecule has 1 amide bonds. The number of amides is 1. The Labute approximate surface area is 156 Å². The zero-order valence-electron chi connectivity index (χ0n) is 14.2. The number of halogens is 1. The van der Waals surface area contributed by atoms with Gasteiger partial charge in [0.25, 0.3) is 5.91 Å². The standard InChI is InChI=1S/C19H17ClN2O4/c1-12(18(23)22-16-7-3-14(11-21)4-8-16)26-19(24)13(2)25-17-9-5-15(20)6-10-17/h3-10,12-13H,1-2H3,(H,22,23)/t12-,13-/m1/s1. The summed E-state index contributed by atoms with van der Waals surface area (Å²) in [6.07, 6.45) is -1.89. The van der Waals surface area contributed by atoms with Gasteiger partial charge in [0.05, 0.1) is 11.6 Å². The van der Waals surface area contributed by atoms with Crippen LogP contribution in [0.4, 0.5) is 5.69 Å². The molecule has 0 saturated heterocycles. The highest BCUT2D eigenvalue weighted by atomic mass is 35.5. The highest BCUT2D eigenvalue weighted by Crippen LogP contribution is 2.17. The van der Waals surface area contributed by atoms with E-state index in [2.05, 4.69) is 5.32 Å². The van der Waals surface area contributed by atoms with E-state index in [1.165, 1.54) is 13.8 Å². The van der Waals surface area contributed by atoms with Crippen molar-refractivity contribution in [2.75, 3.05) is 5.32 Å². The molecule has 0 heterocycles. The topological polar surface area (TPSA) is 88.4 Å². The van der Waals surface area contributed by atoms with Gasteiger partial charge in [-0.3, -0.25) is 4.79 Å². The number of carbonyl (C=O) groups excluding carboxylic acids is 2. The molecular weight excluding hydrogens is 356 g/mol. The summed E-state index contributed by atoms with van der Waals surface area (Å²) < 4.78 is 10.6. The average molecular weight is 373 g/mol. The van der Waals surface area contributed by atoms with Crippen molar-refractivity contribution in [1.82, 2.24) is 0 Å². The Bertz CT molecular complexity index is 813. The number of hydrogen-bond acceptors (Lipinski definition) is 5. The predicted molar refractivity (Wildman–Crippen MR) is 96.9 cm³/mol. The highest BCUT2D eigenvalue weighted by molar-refractivity contribution is 6.30. The SMILES string of the molecule is C[C@@H](OC(=O)[C@@H](C)Oc1ccc(Cl)cc1)C(=O)Nc1ccc(C#N)cc1. The van der Waals surface area contributed by atoms with Crippen LogP contribution < -0.4 is 10.1 Å². The minimum atomic E-state index is -1.01. The van der Waals surface area contributed by atoms with Crippen LogP contribution in [0, 0.1) is 11.3 Å². The Kier molecular flexibility index (Phi) is 6.59. The molecule has 0 bridgehead atoms. The number of rotatable bonds is 6. The van der Waals surface area contributed by atoms with E-state index in [-0.39, 0.29) is 0 Å². The molecule has 134 valence electrons. The molecule has 0 aromatic heterocycles. The maximum absolute atomic E-state index is 12.1. The third-order valence-corrected chi connectivity index (χ3v) is 3.65. The molecule has 0 saturated carbocycles. The summed E-state index contributed by atoms with van der Waals surface area (Å²) in [5, 5.41) is 11.9. The van der Waals surface area contributed by atoms with Crippen LogP contribution in [0.25, 0.3) is 0 Å². The van der Waals surface area contributed by atoms with E-state index in [4.69, 9.17) is 26.3 Å². The number of nitrogens with one attached hydrogen (secondary N) is 1. The van der Waals surface area contributed by atoms with Crippen LogP contribution in [-0.2, 0) is 14.3 Å². The first-order chi connectivity index (χ1) is 12.4. The quantitative estimate of drug-likeness (QED) is 0.783. The third kappa shape index (κ3) is 5.50. The molecular formula is C19H17ClN2O4. The lowest BCUT2D eigenvalue weighted by Gasteiger charge is -2.18. The Hall–Kier alpha value is -3.04. The average Bonchev–Trinajstić information content (AvgIpc) is 2.64. The molecule has 0 fully saturated rings. The Morgan fingerprint density at radius 2 is 1.65 bits per heavy atom. The van der Waals surface area contributed by atoms with Gasteiger partial charge >= 0.3 is 5.97 Å². The van der Waals surface area contributed by atoms with Crippen molar-refractivity contribution in [3.8, 4) is 11.8 Å². The zero-order chi connectivity index (χ0) is 19.1. The summed E-state index contributed by atoms with van der Waals surface area (Å²) in [5.41, 5.74) is 0.984. The van der Waals surface area contributed by atoms with Gasteiger partial charge in [0.2, 0.25) is 0 Å². The van der Waals surface area contributed by atoms with Crippen molar-refractivity contribution in [3.05, 3.63) is 59.1 Å². The molecule has 2 aromatic carbocycles. The smallest absolute Gasteiger partial charge is 0.347 e. The molecule has 7 heteroatoms. The van der Waals surface area contributed by atoms with Gasteiger partial charge in [-0.25, -0.2) is 4.79 Å². The maximum Gasteiger partial charge on any atom is 0.347 e. The van der Waals surface area contributed by atoms with Gasteiger partial charge in [-0.1, -0.05) is 11.6 Å². The Balaban J connectivity index is 1.87. The first kappa shape index (κ1) is 19.3. The summed E-state index contributed by atoms with van der Waals surface area (Å²) >= 11 is 5.79. The van der Waals surface area contributed by atoms with Crippen molar-refractivity contribution in [1.29, 1.82) is 5.26 Å². The van der Waals surface area contributed by atoms with Crippen LogP contribution in [0.1, 0.15) is 19.4 Å². The molecule has 2 aromatic rings. The fourth-order valence-corrected chi connectivity index (χ4v) is 2.09. The number of ether oxygens (including phenoxy) is 2. The molecule has 0 aliphatic heterocycles. The number of esters is 1. The minimum absolute atomic E-state index is 0.466. The second kappa shape index (κ2) is 8.88. The van der Waals surface area contributed by atoms with E-state index in [0.717, 1.165) is 0 Å². The van der Waals surface area contributed by atoms with E-state index in [9.17, 15) is 9.59 Å². The minimum Gasteiger partial charge on any atom is -0.479 e. The molecule has 26 heavy (non-hydrogen) atoms. The van der Waals surface area contributed by atoms with Gasteiger partial charge in [-0.15, -0.1) is 0 Å². The lowest BCUT2D eigenvalue weighted by molar-refractivity contribution is -0.159. The van der Waals surface area contributed by atoms with Crippen molar-refractivity contribution in [2.45, 2.75) is 26.1 Å². The molecule has 0 spiro atoms. The fourth-order valence-electron chi connectivity index (χ4n) is 1.96. The first-order valence-corrected chi connectivity index (χ1v) is 8.20. The Morgan fingerprint density at radius 3 is 2.23 bits per heavy atom. The molecule has 2 atom stereocenters. The largest absolute Gasteiger partial charge is 0.479 e. The summed E-state index contributed by atoms with van der Waals surface area (Å²) in [6.45, 7) is 2.99. The van der Waals surface area contributed by atoms with Crippen molar-refractivity contribution in [3.63, 3.8) is 0 Å². The van der Waals surface area contributed by atoms with E-state index < -0.39 is 24.1 Å². The third-order valence-electron chi connectivity index (χ3n) is 3.40. The fraction of sp³-hybridized carbons (Fsp3) is 0.211. The first-order valence-electron chi connectivity index (χ1n) is 7.83. The summed E-state index contributed by atoms with van der Waals surface area (Å²) in [5.74, 6) is -0.683. The van der Waals surface area contributed by atoms with Crippen LogP contribution in [0.2, 0.25) is 5.02 Å². The zero-order valence-corrected chi connectivity index (χ0v) is 15.0. The maximum atomic E-state index is 12.1. The monoisotopic (exact) mass is 372 g/mol. The van der Waals surface area contributed by atoms with Crippen LogP contribution in [0.15, 0.2) is 48.5 Å². The molecule has 0 aliphatic rings. The lowest BCUT2D eigenvalue weighted by atomic mass is 10.2. The van der Waals surface area contributed by atoms with Crippen LogP contribution in [0.5, 0.6) is 5.75 Å². The van der Waals surface area contributed by atoms with Crippen LogP contribution in [0.3, 0.4) is 0 Å². The molecule has 0 unspecified atom stereocenters. The van der Waals surface area contributed by atoms with E-state index in [1.54, 1.807) is 48.5 Å². The van der Waals surface area contributed by atoms with Crippen LogP contribution in [-0.4, -0.2) is 24.1 Å². The molecule has 6 nitrogen and oxygen atoms in total. The van der Waals surface area contributed by atoms with Gasteiger partial charge in [0.15, 0.2) is 12.2 Å². The van der Waals surface area contributed by atoms with Crippen LogP contribution >= 0.6 is 11.6 Å². The van der Waals surface area contributed by atoms with Gasteiger partial charge in [0, 0.05) is 10.7 Å². The van der Waals surface area contributed by atoms with Gasteiger partial charge in [-0.2, -0.15) is 5.26 Å². The second-order valence-corrected chi connectivity index (χ2v) is 5.91. The summed E-state index contributed by atoms with van der Waals surface area (Å²) in [6, 6.07) is 14.9. The molecule has 0 radical (unpaired) electrons. The van der Waals surface area contributed by atoms with Crippen molar-refractivity contribution >= 4 is 29.2 Å². The number of hydrogen-bond donors (Lipinski definition) is 1. The van der Waals surface area contributed by atoms with Crippen molar-refractivity contribution in [2.24, 2.45) is 0 Å². The lowest BCUT2D eigenvalue weighted by Crippen LogP contribution is -2.35. The molecule has 2 rings (SSSR count). The number of nitrogens with zero attached hydrogens (tertiary/aromatic N) is 1. The normalized spacial score (nSPS) is 12.4. The second-order valence-electron chi connectivity index (χ2n) is 5.47. The Morgan fingerprint density at radius 1 is 1.04 bits per heavy atom. The number of carbonyl (C=O) groups is 2. The number of nitriles is 1. The van der Waals surface area contributed by atoms with Gasteiger partial charge in [-0.05, 0) is 62.4 Å². The van der Waals surface area contributed by atoms with Crippen molar-refractivity contribution < 1.29 is 19.1 Å². The van der Waals surface area contributed by atoms with E-state index >= 15 is 0 Å². The predicted octanol–water partition coefficient (Wildman–Crippen LogP) is 3.55. The van der Waals surface area contributed by atoms with Gasteiger partial charge in [0.1, 0.15) is 5.75 Å². The molecule has 1 N–H and O–H groups in total. The number of benzene rings is 2. The number of anilines is 1. The summed E-state index contributed by atoms with van der Waals surface area (Å²) in [4.78, 5) is 24.2. The van der Waals surface area contributed by atoms with E-state index in [1.807, 2.05) is 6.07 Å². The summed E-state index contributed by atoms with van der Waals surface area (Å²) in [7, 11) is 0. The highest BCUT2D eigenvalue weighted by Gasteiger charge is 2.23.